The van der Waals surface area contributed by atoms with Crippen LogP contribution in [0.25, 0.3) is 0 Å². The number of ether oxygens (including phenoxy) is 1. The molecule has 1 atom stereocenters. The zero-order valence-corrected chi connectivity index (χ0v) is 8.92. The van der Waals surface area contributed by atoms with Crippen molar-refractivity contribution in [3.63, 3.8) is 0 Å². The van der Waals surface area contributed by atoms with Gasteiger partial charge < -0.3 is 10.1 Å². The lowest BCUT2D eigenvalue weighted by molar-refractivity contribution is 0.183. The minimum Gasteiger partial charge on any atom is -0.380 e. The summed E-state index contributed by atoms with van der Waals surface area (Å²) in [6.45, 7) is 1.53. The third kappa shape index (κ3) is 2.36. The summed E-state index contributed by atoms with van der Waals surface area (Å²) < 4.78 is 18.2. The molecule has 1 aromatic rings. The Morgan fingerprint density at radius 1 is 1.53 bits per heavy atom. The van der Waals surface area contributed by atoms with E-state index in [1.165, 1.54) is 18.1 Å². The van der Waals surface area contributed by atoms with Crippen LogP contribution < -0.4 is 5.32 Å². The van der Waals surface area contributed by atoms with Crippen LogP contribution in [0, 0.1) is 5.82 Å². The van der Waals surface area contributed by atoms with Crippen molar-refractivity contribution in [2.75, 3.05) is 13.7 Å². The molecule has 15 heavy (non-hydrogen) atoms. The summed E-state index contributed by atoms with van der Waals surface area (Å²) in [6, 6.07) is 5.33. The van der Waals surface area contributed by atoms with E-state index in [2.05, 4.69) is 5.32 Å². The van der Waals surface area contributed by atoms with E-state index in [9.17, 15) is 4.39 Å². The number of methoxy groups -OCH3 is 1. The van der Waals surface area contributed by atoms with E-state index in [0.717, 1.165) is 18.5 Å². The third-order valence-corrected chi connectivity index (χ3v) is 2.84. The highest BCUT2D eigenvalue weighted by Crippen LogP contribution is 2.26. The number of benzene rings is 1. The molecule has 0 saturated carbocycles. The Labute approximate surface area is 89.4 Å². The Hall–Kier alpha value is -0.930. The standard InChI is InChI=1S/C12H16FNO/c1-15-8-9-7-10(13)4-5-11(9)12-3-2-6-14-12/h4-5,7,12,14H,2-3,6,8H2,1H3. The molecule has 1 unspecified atom stereocenters. The zero-order chi connectivity index (χ0) is 10.7. The summed E-state index contributed by atoms with van der Waals surface area (Å²) in [5.74, 6) is -0.191. The largest absolute Gasteiger partial charge is 0.380 e. The van der Waals surface area contributed by atoms with Crippen LogP contribution in [0.15, 0.2) is 18.2 Å². The van der Waals surface area contributed by atoms with Gasteiger partial charge in [0.25, 0.3) is 0 Å². The van der Waals surface area contributed by atoms with Gasteiger partial charge in [-0.3, -0.25) is 0 Å². The van der Waals surface area contributed by atoms with Crippen LogP contribution in [0.2, 0.25) is 0 Å². The van der Waals surface area contributed by atoms with Crippen LogP contribution in [-0.2, 0) is 11.3 Å². The molecule has 0 aromatic heterocycles. The Balaban J connectivity index is 2.27. The van der Waals surface area contributed by atoms with Gasteiger partial charge in [-0.15, -0.1) is 0 Å². The van der Waals surface area contributed by atoms with E-state index in [-0.39, 0.29) is 5.82 Å². The highest BCUT2D eigenvalue weighted by atomic mass is 19.1. The SMILES string of the molecule is COCc1cc(F)ccc1C1CCCN1. The van der Waals surface area contributed by atoms with Gasteiger partial charge in [-0.25, -0.2) is 4.39 Å². The summed E-state index contributed by atoms with van der Waals surface area (Å²) in [6.07, 6.45) is 2.32. The minimum absolute atomic E-state index is 0.191. The van der Waals surface area contributed by atoms with Crippen LogP contribution in [0.1, 0.15) is 30.0 Å². The van der Waals surface area contributed by atoms with Crippen LogP contribution >= 0.6 is 0 Å². The molecular formula is C12H16FNO. The van der Waals surface area contributed by atoms with Crippen molar-refractivity contribution in [2.24, 2.45) is 0 Å². The second-order valence-electron chi connectivity index (χ2n) is 3.93. The summed E-state index contributed by atoms with van der Waals surface area (Å²) >= 11 is 0. The van der Waals surface area contributed by atoms with Gasteiger partial charge in [-0.2, -0.15) is 0 Å². The second-order valence-corrected chi connectivity index (χ2v) is 3.93. The molecule has 1 fully saturated rings. The fourth-order valence-electron chi connectivity index (χ4n) is 2.14. The van der Waals surface area contributed by atoms with E-state index in [1.807, 2.05) is 6.07 Å². The van der Waals surface area contributed by atoms with Crippen molar-refractivity contribution >= 4 is 0 Å². The lowest BCUT2D eigenvalue weighted by Gasteiger charge is -2.15. The van der Waals surface area contributed by atoms with Crippen LogP contribution in [0.4, 0.5) is 4.39 Å². The molecule has 1 aliphatic rings. The minimum atomic E-state index is -0.191. The maximum absolute atomic E-state index is 13.1. The fraction of sp³-hybridized carbons (Fsp3) is 0.500. The zero-order valence-electron chi connectivity index (χ0n) is 8.92. The third-order valence-electron chi connectivity index (χ3n) is 2.84. The average Bonchev–Trinajstić information content (AvgIpc) is 2.71. The van der Waals surface area contributed by atoms with E-state index < -0.39 is 0 Å². The Kier molecular flexibility index (Phi) is 3.34. The highest BCUT2D eigenvalue weighted by Gasteiger charge is 2.19. The summed E-state index contributed by atoms with van der Waals surface area (Å²) in [5, 5.41) is 3.41. The Bertz CT molecular complexity index is 334. The van der Waals surface area contributed by atoms with Gasteiger partial charge in [0.1, 0.15) is 5.82 Å². The smallest absolute Gasteiger partial charge is 0.123 e. The van der Waals surface area contributed by atoms with E-state index in [1.54, 1.807) is 13.2 Å². The second kappa shape index (κ2) is 4.73. The average molecular weight is 209 g/mol. The molecule has 0 bridgehead atoms. The molecule has 1 heterocycles. The van der Waals surface area contributed by atoms with Gasteiger partial charge in [-0.05, 0) is 42.6 Å². The van der Waals surface area contributed by atoms with Gasteiger partial charge in [0, 0.05) is 13.2 Å². The fourth-order valence-corrected chi connectivity index (χ4v) is 2.14. The van der Waals surface area contributed by atoms with Crippen LogP contribution in [0.3, 0.4) is 0 Å². The molecule has 2 rings (SSSR count). The number of rotatable bonds is 3. The van der Waals surface area contributed by atoms with E-state index in [0.29, 0.717) is 12.6 Å². The Morgan fingerprint density at radius 2 is 2.40 bits per heavy atom. The number of halogens is 1. The molecule has 0 aliphatic carbocycles. The van der Waals surface area contributed by atoms with Gasteiger partial charge in [0.2, 0.25) is 0 Å². The van der Waals surface area contributed by atoms with Crippen LogP contribution in [0.5, 0.6) is 0 Å². The predicted molar refractivity (Wildman–Crippen MR) is 57.1 cm³/mol. The van der Waals surface area contributed by atoms with Crippen molar-refractivity contribution < 1.29 is 9.13 Å². The number of hydrogen-bond donors (Lipinski definition) is 1. The highest BCUT2D eigenvalue weighted by molar-refractivity contribution is 5.30. The van der Waals surface area contributed by atoms with Crippen molar-refractivity contribution in [2.45, 2.75) is 25.5 Å². The lowest BCUT2D eigenvalue weighted by atomic mass is 9.99. The first-order chi connectivity index (χ1) is 7.31. The molecule has 2 nitrogen and oxygen atoms in total. The molecule has 0 amide bonds. The monoisotopic (exact) mass is 209 g/mol. The summed E-state index contributed by atoms with van der Waals surface area (Å²) in [7, 11) is 1.64. The maximum Gasteiger partial charge on any atom is 0.123 e. The van der Waals surface area contributed by atoms with E-state index >= 15 is 0 Å². The summed E-state index contributed by atoms with van der Waals surface area (Å²) in [5.41, 5.74) is 2.13. The number of nitrogens with one attached hydrogen (secondary N) is 1. The number of hydrogen-bond acceptors (Lipinski definition) is 2. The lowest BCUT2D eigenvalue weighted by Crippen LogP contribution is -2.15. The molecular weight excluding hydrogens is 193 g/mol. The van der Waals surface area contributed by atoms with Crippen molar-refractivity contribution in [1.29, 1.82) is 0 Å². The molecule has 1 aliphatic heterocycles. The first-order valence-corrected chi connectivity index (χ1v) is 5.32. The van der Waals surface area contributed by atoms with Gasteiger partial charge in [-0.1, -0.05) is 6.07 Å². The normalized spacial score (nSPS) is 20.8. The molecule has 0 spiro atoms. The molecule has 1 aromatic carbocycles. The first kappa shape index (κ1) is 10.6. The molecule has 82 valence electrons. The summed E-state index contributed by atoms with van der Waals surface area (Å²) in [4.78, 5) is 0. The molecule has 3 heteroatoms. The van der Waals surface area contributed by atoms with Gasteiger partial charge >= 0.3 is 0 Å². The van der Waals surface area contributed by atoms with Gasteiger partial charge in [0.15, 0.2) is 0 Å². The van der Waals surface area contributed by atoms with Crippen molar-refractivity contribution in [3.8, 4) is 0 Å². The first-order valence-electron chi connectivity index (χ1n) is 5.32. The topological polar surface area (TPSA) is 21.3 Å². The van der Waals surface area contributed by atoms with Crippen molar-refractivity contribution in [3.05, 3.63) is 35.1 Å². The predicted octanol–water partition coefficient (Wildman–Crippen LogP) is 2.40. The maximum atomic E-state index is 13.1. The quantitative estimate of drug-likeness (QED) is 0.825. The van der Waals surface area contributed by atoms with E-state index in [4.69, 9.17) is 4.74 Å². The van der Waals surface area contributed by atoms with Gasteiger partial charge in [0.05, 0.1) is 6.61 Å². The molecule has 1 N–H and O–H groups in total. The Morgan fingerprint density at radius 3 is 3.07 bits per heavy atom. The molecule has 1 saturated heterocycles. The molecule has 0 radical (unpaired) electrons. The van der Waals surface area contributed by atoms with Crippen molar-refractivity contribution in [1.82, 2.24) is 5.32 Å². The van der Waals surface area contributed by atoms with Crippen LogP contribution in [-0.4, -0.2) is 13.7 Å².